The van der Waals surface area contributed by atoms with E-state index in [2.05, 4.69) is 15.3 Å². The fourth-order valence-corrected chi connectivity index (χ4v) is 7.27. The van der Waals surface area contributed by atoms with Gasteiger partial charge in [-0.2, -0.15) is 0 Å². The van der Waals surface area contributed by atoms with Crippen LogP contribution in [-0.4, -0.2) is 102 Å². The number of hydrogen-bond donors (Lipinski definition) is 4. The van der Waals surface area contributed by atoms with Gasteiger partial charge in [0, 0.05) is 64.4 Å². The molecule has 1 aromatic heterocycles. The molecule has 4 amide bonds. The summed E-state index contributed by atoms with van der Waals surface area (Å²) in [4.78, 5) is 64.7. The Kier molecular flexibility index (Phi) is 14.6. The third kappa shape index (κ3) is 9.60. The number of imidazole rings is 1. The largest absolute Gasteiger partial charge is 0.399 e. The van der Waals surface area contributed by atoms with Gasteiger partial charge in [0.05, 0.1) is 42.5 Å². The van der Waals surface area contributed by atoms with Gasteiger partial charge in [0.15, 0.2) is 0 Å². The number of nitrogens with one attached hydrogen (secondary N) is 2. The number of hydrogen-bond acceptors (Lipinski definition) is 8. The van der Waals surface area contributed by atoms with E-state index in [0.29, 0.717) is 37.2 Å². The molecule has 0 aliphatic carbocycles. The molecule has 0 radical (unpaired) electrons. The molecule has 3 rings (SSSR count). The molecule has 0 unspecified atom stereocenters. The van der Waals surface area contributed by atoms with Crippen LogP contribution in [0.5, 0.6) is 0 Å². The number of ether oxygens (including phenoxy) is 2. The molecule has 1 saturated heterocycles. The van der Waals surface area contributed by atoms with Crippen LogP contribution in [0.15, 0.2) is 30.6 Å². The van der Waals surface area contributed by atoms with Crippen molar-refractivity contribution in [2.75, 3.05) is 40.1 Å². The van der Waals surface area contributed by atoms with Crippen LogP contribution in [0.2, 0.25) is 0 Å². The number of nitrogens with two attached hydrogens (primary N) is 2. The highest BCUT2D eigenvalue weighted by Crippen LogP contribution is 2.34. The quantitative estimate of drug-likeness (QED) is 0.173. The number of aromatic amines is 1. The maximum Gasteiger partial charge on any atom is 0.249 e. The number of anilines is 1. The molecule has 1 aliphatic rings. The predicted molar refractivity (Wildman–Crippen MR) is 188 cm³/mol. The lowest BCUT2D eigenvalue weighted by Crippen LogP contribution is -2.54. The zero-order valence-corrected chi connectivity index (χ0v) is 30.4. The Balaban J connectivity index is 1.81. The number of carbonyl (C=O) groups is 4. The van der Waals surface area contributed by atoms with Crippen LogP contribution in [0.3, 0.4) is 0 Å². The first-order valence-electron chi connectivity index (χ1n) is 17.3. The van der Waals surface area contributed by atoms with Gasteiger partial charge in [0.2, 0.25) is 23.6 Å². The summed E-state index contributed by atoms with van der Waals surface area (Å²) >= 11 is 0. The Labute approximate surface area is 290 Å². The molecule has 1 fully saturated rings. The lowest BCUT2D eigenvalue weighted by Gasteiger charge is -2.41. The van der Waals surface area contributed by atoms with Gasteiger partial charge < -0.3 is 41.0 Å². The van der Waals surface area contributed by atoms with Crippen LogP contribution >= 0.6 is 0 Å². The molecule has 7 atom stereocenters. The first-order valence-corrected chi connectivity index (χ1v) is 17.3. The van der Waals surface area contributed by atoms with Gasteiger partial charge in [-0.1, -0.05) is 41.0 Å². The van der Waals surface area contributed by atoms with E-state index in [4.69, 9.17) is 20.9 Å². The number of H-pyrrole nitrogens is 1. The van der Waals surface area contributed by atoms with Crippen LogP contribution in [0.1, 0.15) is 88.0 Å². The lowest BCUT2D eigenvalue weighted by atomic mass is 9.82. The number of benzene rings is 1. The molecule has 1 aromatic carbocycles. The Morgan fingerprint density at radius 3 is 2.43 bits per heavy atom. The van der Waals surface area contributed by atoms with Crippen molar-refractivity contribution < 1.29 is 28.7 Å². The number of primary amides is 1. The number of rotatable bonds is 18. The van der Waals surface area contributed by atoms with E-state index >= 15 is 0 Å². The van der Waals surface area contributed by atoms with E-state index < -0.39 is 36.0 Å². The van der Waals surface area contributed by atoms with Crippen molar-refractivity contribution in [2.45, 2.75) is 96.9 Å². The third-order valence-electron chi connectivity index (χ3n) is 10.1. The van der Waals surface area contributed by atoms with Gasteiger partial charge in [-0.3, -0.25) is 19.2 Å². The first-order chi connectivity index (χ1) is 23.3. The Hall–Kier alpha value is -3.97. The van der Waals surface area contributed by atoms with Crippen molar-refractivity contribution in [1.82, 2.24) is 25.1 Å². The average Bonchev–Trinajstić information content (AvgIpc) is 3.77. The molecule has 2 heterocycles. The highest BCUT2D eigenvalue weighted by Gasteiger charge is 2.43. The van der Waals surface area contributed by atoms with Crippen molar-refractivity contribution in [3.8, 4) is 0 Å². The summed E-state index contributed by atoms with van der Waals surface area (Å²) in [5.41, 5.74) is 13.0. The van der Waals surface area contributed by atoms with Crippen molar-refractivity contribution >= 4 is 29.3 Å². The van der Waals surface area contributed by atoms with Crippen LogP contribution in [-0.2, 0) is 30.3 Å². The van der Waals surface area contributed by atoms with E-state index in [1.54, 1.807) is 56.8 Å². The SMILES string of the molecule is CC[C@H](C)[C@@H]([C@@H](CC(=O)N1CCC[C@H]1[C@H](OC)[C@@H](C)C(=O)NCCc1ncc[nH]1)OC)N(C)C(=O)[C@H](c1cc(N)ccc1C(N)=O)C(C)C. The van der Waals surface area contributed by atoms with Crippen molar-refractivity contribution in [3.63, 3.8) is 0 Å². The summed E-state index contributed by atoms with van der Waals surface area (Å²) in [5.74, 6) is -1.74. The number of nitrogen functional groups attached to an aromatic ring is 1. The predicted octanol–water partition coefficient (Wildman–Crippen LogP) is 3.11. The topological polar surface area (TPSA) is 186 Å². The zero-order valence-electron chi connectivity index (χ0n) is 30.4. The van der Waals surface area contributed by atoms with Crippen molar-refractivity contribution in [3.05, 3.63) is 47.5 Å². The number of likely N-dealkylation sites (tertiary alicyclic amines) is 1. The second-order valence-corrected chi connectivity index (χ2v) is 13.6. The van der Waals surface area contributed by atoms with Gasteiger partial charge in [-0.25, -0.2) is 4.98 Å². The van der Waals surface area contributed by atoms with E-state index in [9.17, 15) is 19.2 Å². The molecule has 13 nitrogen and oxygen atoms in total. The van der Waals surface area contributed by atoms with Gasteiger partial charge in [-0.15, -0.1) is 0 Å². The van der Waals surface area contributed by atoms with Crippen molar-refractivity contribution in [2.24, 2.45) is 23.5 Å². The number of amides is 4. The molecule has 13 heteroatoms. The molecule has 0 saturated carbocycles. The molecule has 0 bridgehead atoms. The lowest BCUT2D eigenvalue weighted by molar-refractivity contribution is -0.146. The summed E-state index contributed by atoms with van der Waals surface area (Å²) in [6.45, 7) is 10.7. The van der Waals surface area contributed by atoms with Crippen LogP contribution in [0.4, 0.5) is 5.69 Å². The Bertz CT molecular complexity index is 1400. The minimum Gasteiger partial charge on any atom is -0.399 e. The molecule has 6 N–H and O–H groups in total. The van der Waals surface area contributed by atoms with E-state index in [1.165, 1.54) is 0 Å². The van der Waals surface area contributed by atoms with Gasteiger partial charge in [-0.05, 0) is 48.4 Å². The van der Waals surface area contributed by atoms with Crippen molar-refractivity contribution in [1.29, 1.82) is 0 Å². The maximum atomic E-state index is 14.4. The molecule has 49 heavy (non-hydrogen) atoms. The number of carbonyl (C=O) groups excluding carboxylic acids is 4. The molecular weight excluding hydrogens is 626 g/mol. The smallest absolute Gasteiger partial charge is 0.249 e. The Morgan fingerprint density at radius 1 is 1.14 bits per heavy atom. The standard InChI is InChI=1S/C36H57N7O6/c1-9-22(4)32(42(6)36(47)31(21(2)3)26-19-24(37)12-13-25(26)34(38)45)28(48-7)20-30(44)43-18-10-11-27(43)33(49-8)23(5)35(46)41-15-14-29-39-16-17-40-29/h12-13,16-17,19,21-23,27-28,31-33H,9-11,14-15,18,20,37H2,1-8H3,(H2,38,45)(H,39,40)(H,41,46)/t22-,23+,27-,28+,31-,32-,33+/m0/s1. The fourth-order valence-electron chi connectivity index (χ4n) is 7.27. The molecule has 1 aliphatic heterocycles. The number of likely N-dealkylation sites (N-methyl/N-ethyl adjacent to an activating group) is 1. The second-order valence-electron chi connectivity index (χ2n) is 13.6. The highest BCUT2D eigenvalue weighted by atomic mass is 16.5. The van der Waals surface area contributed by atoms with E-state index in [0.717, 1.165) is 18.7 Å². The summed E-state index contributed by atoms with van der Waals surface area (Å²) < 4.78 is 11.9. The molecular formula is C36H57N7O6. The first kappa shape index (κ1) is 39.5. The van der Waals surface area contributed by atoms with Gasteiger partial charge in [0.25, 0.3) is 0 Å². The van der Waals surface area contributed by atoms with E-state index in [-0.39, 0.29) is 47.6 Å². The van der Waals surface area contributed by atoms with Crippen LogP contribution in [0, 0.1) is 17.8 Å². The zero-order chi connectivity index (χ0) is 36.4. The highest BCUT2D eigenvalue weighted by molar-refractivity contribution is 5.97. The third-order valence-corrected chi connectivity index (χ3v) is 10.1. The second kappa shape index (κ2) is 18.1. The van der Waals surface area contributed by atoms with Gasteiger partial charge in [0.1, 0.15) is 5.82 Å². The number of methoxy groups -OCH3 is 2. The monoisotopic (exact) mass is 683 g/mol. The van der Waals surface area contributed by atoms with Crippen LogP contribution < -0.4 is 16.8 Å². The molecule has 272 valence electrons. The summed E-state index contributed by atoms with van der Waals surface area (Å²) in [5, 5.41) is 2.97. The van der Waals surface area contributed by atoms with Crippen LogP contribution in [0.25, 0.3) is 0 Å². The molecule has 2 aromatic rings. The summed E-state index contributed by atoms with van der Waals surface area (Å²) in [7, 11) is 4.86. The molecule has 0 spiro atoms. The fraction of sp³-hybridized carbons (Fsp3) is 0.639. The summed E-state index contributed by atoms with van der Waals surface area (Å²) in [6, 6.07) is 4.06. The number of nitrogens with zero attached hydrogens (tertiary/aromatic N) is 3. The van der Waals surface area contributed by atoms with Gasteiger partial charge >= 0.3 is 0 Å². The normalized spacial score (nSPS) is 18.4. The minimum absolute atomic E-state index is 0.0260. The minimum atomic E-state index is -0.701. The summed E-state index contributed by atoms with van der Waals surface area (Å²) in [6.07, 6.45) is 5.13. The number of aromatic nitrogens is 2. The average molecular weight is 684 g/mol. The van der Waals surface area contributed by atoms with E-state index in [1.807, 2.05) is 39.5 Å². The Morgan fingerprint density at radius 2 is 1.86 bits per heavy atom. The maximum absolute atomic E-state index is 14.4.